The average molecular weight is 449 g/mol. The summed E-state index contributed by atoms with van der Waals surface area (Å²) >= 11 is 1.30. The molecular weight excluding hydrogens is 428 g/mol. The maximum Gasteiger partial charge on any atom is 0.341 e. The molecule has 1 aliphatic carbocycles. The minimum absolute atomic E-state index is 0.0427. The molecule has 158 valence electrons. The van der Waals surface area contributed by atoms with Crippen molar-refractivity contribution in [2.24, 2.45) is 5.92 Å². The number of amides is 2. The fourth-order valence-electron chi connectivity index (χ4n) is 3.84. The summed E-state index contributed by atoms with van der Waals surface area (Å²) in [5.41, 5.74) is 1.23. The van der Waals surface area contributed by atoms with E-state index >= 15 is 0 Å². The third kappa shape index (κ3) is 3.29. The number of methoxy groups -OCH3 is 1. The number of rotatable bonds is 4. The fraction of sp³-hybridized carbons (Fsp3) is 0.350. The Morgan fingerprint density at radius 1 is 1.30 bits per heavy atom. The molecule has 1 N–H and O–H groups in total. The van der Waals surface area contributed by atoms with Crippen LogP contribution in [0, 0.1) is 5.92 Å². The summed E-state index contributed by atoms with van der Waals surface area (Å²) in [5, 5.41) is 2.96. The third-order valence-corrected chi connectivity index (χ3v) is 8.31. The normalized spacial score (nSPS) is 19.2. The second kappa shape index (κ2) is 7.51. The van der Waals surface area contributed by atoms with Crippen molar-refractivity contribution in [2.75, 3.05) is 19.0 Å². The van der Waals surface area contributed by atoms with Gasteiger partial charge in [0.1, 0.15) is 16.4 Å². The van der Waals surface area contributed by atoms with Crippen molar-refractivity contribution < 1.29 is 27.5 Å². The quantitative estimate of drug-likeness (QED) is 0.720. The van der Waals surface area contributed by atoms with Gasteiger partial charge < -0.3 is 10.1 Å². The summed E-state index contributed by atoms with van der Waals surface area (Å²) in [7, 11) is -2.81. The largest absolute Gasteiger partial charge is 0.465 e. The fourth-order valence-corrected chi connectivity index (χ4v) is 6.78. The predicted molar refractivity (Wildman–Crippen MR) is 110 cm³/mol. The van der Waals surface area contributed by atoms with Crippen molar-refractivity contribution in [1.29, 1.82) is 0 Å². The maximum absolute atomic E-state index is 12.7. The van der Waals surface area contributed by atoms with Crippen LogP contribution in [0.15, 0.2) is 29.2 Å². The Balaban J connectivity index is 1.60. The van der Waals surface area contributed by atoms with E-state index in [2.05, 4.69) is 12.2 Å². The van der Waals surface area contributed by atoms with Crippen molar-refractivity contribution in [3.05, 3.63) is 45.8 Å². The number of carbonyl (C=O) groups is 3. The average Bonchev–Trinajstić information content (AvgIpc) is 3.15. The zero-order chi connectivity index (χ0) is 21.6. The van der Waals surface area contributed by atoms with Crippen LogP contribution in [0.3, 0.4) is 0 Å². The Kier molecular flexibility index (Phi) is 5.15. The molecule has 2 aliphatic rings. The van der Waals surface area contributed by atoms with Gasteiger partial charge in [-0.05, 0) is 42.9 Å². The van der Waals surface area contributed by atoms with Gasteiger partial charge >= 0.3 is 5.97 Å². The van der Waals surface area contributed by atoms with Crippen molar-refractivity contribution >= 4 is 44.1 Å². The van der Waals surface area contributed by atoms with Crippen LogP contribution in [-0.4, -0.2) is 44.2 Å². The van der Waals surface area contributed by atoms with E-state index in [-0.39, 0.29) is 10.5 Å². The summed E-state index contributed by atoms with van der Waals surface area (Å²) in [6.07, 6.45) is 2.44. The van der Waals surface area contributed by atoms with E-state index in [4.69, 9.17) is 4.74 Å². The van der Waals surface area contributed by atoms with E-state index in [0.717, 1.165) is 23.3 Å². The molecule has 10 heteroatoms. The van der Waals surface area contributed by atoms with Crippen LogP contribution < -0.4 is 5.32 Å². The highest BCUT2D eigenvalue weighted by molar-refractivity contribution is 7.90. The number of fused-ring (bicyclic) bond motifs is 2. The molecule has 1 aromatic carbocycles. The van der Waals surface area contributed by atoms with Gasteiger partial charge in [-0.25, -0.2) is 17.5 Å². The second-order valence-corrected chi connectivity index (χ2v) is 10.3. The van der Waals surface area contributed by atoms with Crippen LogP contribution in [0.4, 0.5) is 5.00 Å². The molecule has 2 aromatic rings. The molecule has 30 heavy (non-hydrogen) atoms. The van der Waals surface area contributed by atoms with Gasteiger partial charge in [-0.1, -0.05) is 19.1 Å². The van der Waals surface area contributed by atoms with Crippen LogP contribution in [0.5, 0.6) is 0 Å². The Labute approximate surface area is 177 Å². The highest BCUT2D eigenvalue weighted by atomic mass is 32.2. The molecule has 0 radical (unpaired) electrons. The van der Waals surface area contributed by atoms with E-state index in [9.17, 15) is 22.8 Å². The topological polar surface area (TPSA) is 110 Å². The molecule has 0 spiro atoms. The summed E-state index contributed by atoms with van der Waals surface area (Å²) in [5.74, 6) is -1.52. The number of anilines is 1. The molecule has 0 unspecified atom stereocenters. The van der Waals surface area contributed by atoms with Crippen molar-refractivity contribution in [3.8, 4) is 0 Å². The van der Waals surface area contributed by atoms with E-state index < -0.39 is 34.4 Å². The lowest BCUT2D eigenvalue weighted by atomic mass is 9.88. The second-order valence-electron chi connectivity index (χ2n) is 7.41. The van der Waals surface area contributed by atoms with Crippen molar-refractivity contribution in [3.63, 3.8) is 0 Å². The number of ether oxygens (including phenoxy) is 1. The van der Waals surface area contributed by atoms with Gasteiger partial charge in [-0.2, -0.15) is 0 Å². The number of nitrogens with zero attached hydrogens (tertiary/aromatic N) is 1. The molecular formula is C20H20N2O6S2. The summed E-state index contributed by atoms with van der Waals surface area (Å²) in [4.78, 5) is 38.4. The molecule has 4 rings (SSSR count). The Bertz CT molecular complexity index is 1170. The zero-order valence-electron chi connectivity index (χ0n) is 16.4. The highest BCUT2D eigenvalue weighted by Gasteiger charge is 2.42. The van der Waals surface area contributed by atoms with Gasteiger partial charge in [-0.15, -0.1) is 11.3 Å². The SMILES string of the molecule is COC(=O)c1c(NC(=O)CN2C(=O)c3ccccc3S2(=O)=O)sc2c1CC[C@H](C)C2. The first-order valence-electron chi connectivity index (χ1n) is 9.42. The number of sulfonamides is 1. The van der Waals surface area contributed by atoms with Gasteiger partial charge in [0.25, 0.3) is 15.9 Å². The lowest BCUT2D eigenvalue weighted by Crippen LogP contribution is -2.37. The first-order chi connectivity index (χ1) is 14.2. The Morgan fingerprint density at radius 3 is 2.73 bits per heavy atom. The zero-order valence-corrected chi connectivity index (χ0v) is 18.1. The smallest absolute Gasteiger partial charge is 0.341 e. The van der Waals surface area contributed by atoms with Gasteiger partial charge in [0.15, 0.2) is 0 Å². The molecule has 8 nitrogen and oxygen atoms in total. The number of esters is 1. The summed E-state index contributed by atoms with van der Waals surface area (Å²) in [6.45, 7) is 1.45. The monoisotopic (exact) mass is 448 g/mol. The molecule has 0 saturated carbocycles. The minimum atomic E-state index is -4.09. The third-order valence-electron chi connectivity index (χ3n) is 5.35. The van der Waals surface area contributed by atoms with Crippen LogP contribution >= 0.6 is 11.3 Å². The minimum Gasteiger partial charge on any atom is -0.465 e. The van der Waals surface area contributed by atoms with Gasteiger partial charge in [0.05, 0.1) is 18.2 Å². The van der Waals surface area contributed by atoms with E-state index in [1.165, 1.54) is 36.6 Å². The number of carbonyl (C=O) groups excluding carboxylic acids is 3. The van der Waals surface area contributed by atoms with Gasteiger partial charge in [0, 0.05) is 4.88 Å². The maximum atomic E-state index is 12.7. The van der Waals surface area contributed by atoms with E-state index in [1.54, 1.807) is 6.07 Å². The lowest BCUT2D eigenvalue weighted by molar-refractivity contribution is -0.116. The highest BCUT2D eigenvalue weighted by Crippen LogP contribution is 2.40. The number of thiophene rings is 1. The molecule has 2 heterocycles. The standard InChI is InChI=1S/C20H20N2O6S2/c1-11-7-8-12-14(9-11)29-18(17(12)20(25)28-2)21-16(23)10-22-19(24)13-5-3-4-6-15(13)30(22,26)27/h3-6,11H,7-10H2,1-2H3,(H,21,23)/t11-/m0/s1. The van der Waals surface area contributed by atoms with E-state index in [1.807, 2.05) is 0 Å². The molecule has 2 amide bonds. The summed E-state index contributed by atoms with van der Waals surface area (Å²) in [6, 6.07) is 5.84. The van der Waals surface area contributed by atoms with Gasteiger partial charge in [0.2, 0.25) is 5.91 Å². The molecule has 0 fully saturated rings. The van der Waals surface area contributed by atoms with Crippen LogP contribution in [0.1, 0.15) is 44.5 Å². The summed E-state index contributed by atoms with van der Waals surface area (Å²) < 4.78 is 30.8. The van der Waals surface area contributed by atoms with Crippen LogP contribution in [0.25, 0.3) is 0 Å². The lowest BCUT2D eigenvalue weighted by Gasteiger charge is -2.18. The van der Waals surface area contributed by atoms with E-state index in [0.29, 0.717) is 27.2 Å². The number of benzene rings is 1. The molecule has 1 aromatic heterocycles. The Hall–Kier alpha value is -2.72. The first-order valence-corrected chi connectivity index (χ1v) is 11.7. The molecule has 0 saturated heterocycles. The van der Waals surface area contributed by atoms with Crippen LogP contribution in [-0.2, 0) is 32.4 Å². The number of nitrogens with one attached hydrogen (secondary N) is 1. The predicted octanol–water partition coefficient (Wildman–Crippen LogP) is 2.44. The van der Waals surface area contributed by atoms with Gasteiger partial charge in [-0.3, -0.25) is 9.59 Å². The molecule has 0 bridgehead atoms. The van der Waals surface area contributed by atoms with Crippen molar-refractivity contribution in [1.82, 2.24) is 4.31 Å². The molecule has 1 atom stereocenters. The van der Waals surface area contributed by atoms with Crippen LogP contribution in [0.2, 0.25) is 0 Å². The molecule has 1 aliphatic heterocycles. The Morgan fingerprint density at radius 2 is 2.03 bits per heavy atom. The number of hydrogen-bond donors (Lipinski definition) is 1. The van der Waals surface area contributed by atoms with Crippen molar-refractivity contribution in [2.45, 2.75) is 31.1 Å². The first kappa shape index (κ1) is 20.5. The number of hydrogen-bond acceptors (Lipinski definition) is 7.